The standard InChI is InChI=1S/C23H26ClNO4S/c1-3-4-5-6-11-20(26)29-21-14-16-15-25(13-12-19(16)30-21)23(2,22(27)28)17-9-7-8-10-18(17)24/h6-11,14H,3-5,12-13,15H2,1-2H3,(H,27,28). The maximum absolute atomic E-state index is 12.3. The number of hydrogen-bond donors (Lipinski definition) is 1. The predicted octanol–water partition coefficient (Wildman–Crippen LogP) is 5.41. The number of esters is 1. The molecule has 2 heterocycles. The predicted molar refractivity (Wildman–Crippen MR) is 119 cm³/mol. The third-order valence-electron chi connectivity index (χ3n) is 5.47. The molecule has 0 radical (unpaired) electrons. The van der Waals surface area contributed by atoms with E-state index in [1.165, 1.54) is 17.4 Å². The van der Waals surface area contributed by atoms with Gasteiger partial charge in [0.25, 0.3) is 0 Å². The summed E-state index contributed by atoms with van der Waals surface area (Å²) in [5, 5.41) is 11.1. The second-order valence-corrected chi connectivity index (χ2v) is 9.01. The van der Waals surface area contributed by atoms with Crippen molar-refractivity contribution in [2.24, 2.45) is 0 Å². The summed E-state index contributed by atoms with van der Waals surface area (Å²) < 4.78 is 5.46. The van der Waals surface area contributed by atoms with Crippen molar-refractivity contribution in [3.8, 4) is 5.06 Å². The number of carboxylic acid groups (broad SMARTS) is 1. The van der Waals surface area contributed by atoms with Crippen molar-refractivity contribution in [3.05, 3.63) is 63.5 Å². The zero-order chi connectivity index (χ0) is 21.7. The van der Waals surface area contributed by atoms with Crippen molar-refractivity contribution < 1.29 is 19.4 Å². The van der Waals surface area contributed by atoms with Crippen LogP contribution in [0.4, 0.5) is 0 Å². The summed E-state index contributed by atoms with van der Waals surface area (Å²) in [5.41, 5.74) is 0.307. The summed E-state index contributed by atoms with van der Waals surface area (Å²) in [6.45, 7) is 4.82. The average Bonchev–Trinajstić information content (AvgIpc) is 3.12. The number of nitrogens with zero attached hydrogens (tertiary/aromatic N) is 1. The third kappa shape index (κ3) is 4.77. The van der Waals surface area contributed by atoms with Gasteiger partial charge in [0.15, 0.2) is 5.06 Å². The number of carboxylic acids is 1. The summed E-state index contributed by atoms with van der Waals surface area (Å²) in [7, 11) is 0. The Balaban J connectivity index is 1.77. The van der Waals surface area contributed by atoms with Gasteiger partial charge >= 0.3 is 11.9 Å². The largest absolute Gasteiger partial charge is 0.480 e. The SMILES string of the molecule is CCCCC=CC(=O)Oc1cc2c(s1)CCN(C(C)(C(=O)O)c1ccccc1Cl)C2. The van der Waals surface area contributed by atoms with Crippen molar-refractivity contribution in [1.29, 1.82) is 0 Å². The molecule has 1 aromatic carbocycles. The van der Waals surface area contributed by atoms with Gasteiger partial charge in [-0.05, 0) is 37.5 Å². The topological polar surface area (TPSA) is 66.8 Å². The van der Waals surface area contributed by atoms with Gasteiger partial charge in [0.1, 0.15) is 5.54 Å². The minimum Gasteiger partial charge on any atom is -0.480 e. The number of fused-ring (bicyclic) bond motifs is 1. The van der Waals surface area contributed by atoms with Crippen molar-refractivity contribution in [2.45, 2.75) is 51.6 Å². The highest BCUT2D eigenvalue weighted by Crippen LogP contribution is 2.40. The van der Waals surface area contributed by atoms with Crippen LogP contribution in [0.2, 0.25) is 5.02 Å². The van der Waals surface area contributed by atoms with E-state index in [4.69, 9.17) is 16.3 Å². The van der Waals surface area contributed by atoms with Gasteiger partial charge in [0.2, 0.25) is 0 Å². The van der Waals surface area contributed by atoms with E-state index >= 15 is 0 Å². The highest BCUT2D eigenvalue weighted by molar-refractivity contribution is 7.14. The molecule has 1 aliphatic heterocycles. The van der Waals surface area contributed by atoms with Crippen molar-refractivity contribution in [1.82, 2.24) is 4.90 Å². The number of benzene rings is 1. The molecule has 1 unspecified atom stereocenters. The summed E-state index contributed by atoms with van der Waals surface area (Å²) in [5.74, 6) is -1.33. The van der Waals surface area contributed by atoms with Gasteiger partial charge in [-0.2, -0.15) is 0 Å². The van der Waals surface area contributed by atoms with Crippen molar-refractivity contribution in [3.63, 3.8) is 0 Å². The van der Waals surface area contributed by atoms with Gasteiger partial charge in [-0.25, -0.2) is 9.59 Å². The quantitative estimate of drug-likeness (QED) is 0.333. The molecule has 0 amide bonds. The molecule has 7 heteroatoms. The number of allylic oxidation sites excluding steroid dienone is 1. The molecule has 30 heavy (non-hydrogen) atoms. The molecule has 1 atom stereocenters. The fourth-order valence-corrected chi connectivity index (χ4v) is 4.98. The molecule has 0 spiro atoms. The smallest absolute Gasteiger partial charge is 0.336 e. The maximum atomic E-state index is 12.3. The molecule has 0 fully saturated rings. The van der Waals surface area contributed by atoms with Crippen LogP contribution in [0.3, 0.4) is 0 Å². The average molecular weight is 448 g/mol. The molecule has 2 aromatic rings. The van der Waals surface area contributed by atoms with Crippen LogP contribution < -0.4 is 4.74 Å². The number of rotatable bonds is 8. The molecule has 0 saturated carbocycles. The first-order valence-corrected chi connectivity index (χ1v) is 11.3. The molecule has 0 saturated heterocycles. The molecule has 160 valence electrons. The van der Waals surface area contributed by atoms with Crippen LogP contribution in [0.15, 0.2) is 42.5 Å². The second kappa shape index (κ2) is 9.77. The molecule has 1 aliphatic rings. The van der Waals surface area contributed by atoms with E-state index in [-0.39, 0.29) is 5.97 Å². The summed E-state index contributed by atoms with van der Waals surface area (Å²) >= 11 is 7.79. The van der Waals surface area contributed by atoms with Crippen LogP contribution in [0.1, 0.15) is 49.1 Å². The number of ether oxygens (including phenoxy) is 1. The van der Waals surface area contributed by atoms with Gasteiger partial charge in [0, 0.05) is 34.6 Å². The number of halogens is 1. The van der Waals surface area contributed by atoms with Gasteiger partial charge < -0.3 is 9.84 Å². The lowest BCUT2D eigenvalue weighted by molar-refractivity contribution is -0.152. The van der Waals surface area contributed by atoms with Crippen LogP contribution >= 0.6 is 22.9 Å². The molecule has 5 nitrogen and oxygen atoms in total. The molecule has 3 rings (SSSR count). The second-order valence-electron chi connectivity index (χ2n) is 7.51. The van der Waals surface area contributed by atoms with Crippen LogP contribution in [0, 0.1) is 0 Å². The Morgan fingerprint density at radius 3 is 2.83 bits per heavy atom. The molecule has 0 aliphatic carbocycles. The molecule has 0 bridgehead atoms. The van der Waals surface area contributed by atoms with Crippen molar-refractivity contribution >= 4 is 34.9 Å². The first-order valence-electron chi connectivity index (χ1n) is 10.1. The summed E-state index contributed by atoms with van der Waals surface area (Å²) in [6.07, 6.45) is 6.98. The van der Waals surface area contributed by atoms with Gasteiger partial charge in [-0.1, -0.05) is 55.6 Å². The Morgan fingerprint density at radius 2 is 2.13 bits per heavy atom. The number of carbonyl (C=O) groups excluding carboxylic acids is 1. The van der Waals surface area contributed by atoms with Crippen LogP contribution in [-0.2, 0) is 28.1 Å². The fraction of sp³-hybridized carbons (Fsp3) is 0.391. The Bertz CT molecular complexity index is 954. The highest BCUT2D eigenvalue weighted by Gasteiger charge is 2.44. The Kier molecular flexibility index (Phi) is 7.34. The first-order chi connectivity index (χ1) is 14.4. The molecule has 1 aromatic heterocycles. The lowest BCUT2D eigenvalue weighted by Gasteiger charge is -2.40. The van der Waals surface area contributed by atoms with E-state index in [2.05, 4.69) is 6.92 Å². The molecule has 1 N–H and O–H groups in total. The van der Waals surface area contributed by atoms with E-state index < -0.39 is 11.5 Å². The Hall–Kier alpha value is -2.15. The molecular formula is C23H26ClNO4S. The Morgan fingerprint density at radius 1 is 1.37 bits per heavy atom. The number of aliphatic carboxylic acids is 1. The van der Waals surface area contributed by atoms with Gasteiger partial charge in [0.05, 0.1) is 0 Å². The fourth-order valence-electron chi connectivity index (χ4n) is 3.65. The number of thiophene rings is 1. The molecular weight excluding hydrogens is 422 g/mol. The minimum atomic E-state index is -1.25. The zero-order valence-electron chi connectivity index (χ0n) is 17.2. The van der Waals surface area contributed by atoms with E-state index in [1.54, 1.807) is 31.2 Å². The number of unbranched alkanes of at least 4 members (excludes halogenated alkanes) is 2. The van der Waals surface area contributed by atoms with Crippen LogP contribution in [-0.4, -0.2) is 28.5 Å². The van der Waals surface area contributed by atoms with Crippen molar-refractivity contribution in [2.75, 3.05) is 6.54 Å². The van der Waals surface area contributed by atoms with E-state index in [9.17, 15) is 14.7 Å². The van der Waals surface area contributed by atoms with E-state index in [1.807, 2.05) is 17.0 Å². The van der Waals surface area contributed by atoms with Crippen LogP contribution in [0.5, 0.6) is 5.06 Å². The maximum Gasteiger partial charge on any atom is 0.336 e. The Labute approximate surface area is 185 Å². The van der Waals surface area contributed by atoms with Gasteiger partial charge in [-0.3, -0.25) is 4.90 Å². The van der Waals surface area contributed by atoms with E-state index in [0.717, 1.165) is 29.7 Å². The third-order valence-corrected chi connectivity index (χ3v) is 6.92. The number of hydrogen-bond acceptors (Lipinski definition) is 5. The lowest BCUT2D eigenvalue weighted by atomic mass is 9.88. The summed E-state index contributed by atoms with van der Waals surface area (Å²) in [6, 6.07) is 8.91. The summed E-state index contributed by atoms with van der Waals surface area (Å²) in [4.78, 5) is 27.4. The monoisotopic (exact) mass is 447 g/mol. The zero-order valence-corrected chi connectivity index (χ0v) is 18.8. The van der Waals surface area contributed by atoms with Crippen LogP contribution in [0.25, 0.3) is 0 Å². The normalized spacial score (nSPS) is 16.2. The first kappa shape index (κ1) is 22.5. The number of carbonyl (C=O) groups is 2. The van der Waals surface area contributed by atoms with E-state index in [0.29, 0.717) is 35.2 Å². The highest BCUT2D eigenvalue weighted by atomic mass is 35.5. The lowest BCUT2D eigenvalue weighted by Crippen LogP contribution is -2.51. The minimum absolute atomic E-state index is 0.381. The van der Waals surface area contributed by atoms with Gasteiger partial charge in [-0.15, -0.1) is 11.3 Å².